The summed E-state index contributed by atoms with van der Waals surface area (Å²) in [6.45, 7) is 7.60. The summed E-state index contributed by atoms with van der Waals surface area (Å²) >= 11 is 18.1. The van der Waals surface area contributed by atoms with Crippen LogP contribution in [0, 0.1) is 5.41 Å². The Morgan fingerprint density at radius 2 is 1.85 bits per heavy atom. The lowest BCUT2D eigenvalue weighted by Crippen LogP contribution is -2.36. The Balaban J connectivity index is 2.13. The summed E-state index contributed by atoms with van der Waals surface area (Å²) in [5, 5.41) is 3.60. The van der Waals surface area contributed by atoms with Gasteiger partial charge in [0.05, 0.1) is 6.04 Å². The highest BCUT2D eigenvalue weighted by atomic mass is 35.5. The fraction of sp³-hybridized carbons (Fsp3) is 0.400. The predicted molar refractivity (Wildman–Crippen MR) is 84.3 cm³/mol. The van der Waals surface area contributed by atoms with Crippen LogP contribution in [0.4, 0.5) is 0 Å². The van der Waals surface area contributed by atoms with Crippen LogP contribution in [0.3, 0.4) is 0 Å². The van der Waals surface area contributed by atoms with Gasteiger partial charge in [-0.25, -0.2) is 0 Å². The molecule has 0 unspecified atom stereocenters. The van der Waals surface area contributed by atoms with Crippen molar-refractivity contribution in [3.63, 3.8) is 0 Å². The van der Waals surface area contributed by atoms with E-state index in [0.717, 1.165) is 5.56 Å². The number of amides is 1. The predicted octanol–water partition coefficient (Wildman–Crippen LogP) is 4.66. The second-order valence-corrected chi connectivity index (χ2v) is 6.82. The van der Waals surface area contributed by atoms with E-state index in [9.17, 15) is 4.79 Å². The van der Waals surface area contributed by atoms with Gasteiger partial charge in [-0.05, 0) is 36.6 Å². The molecule has 0 saturated heterocycles. The summed E-state index contributed by atoms with van der Waals surface area (Å²) in [5.74, 6) is -0.183. The van der Waals surface area contributed by atoms with E-state index in [1.807, 2.05) is 26.0 Å². The number of alkyl halides is 2. The Bertz CT molecular complexity index is 553. The van der Waals surface area contributed by atoms with Crippen molar-refractivity contribution < 1.29 is 4.79 Å². The number of hydrogen-bond donors (Lipinski definition) is 1. The Hall–Kier alpha value is -0.700. The Morgan fingerprint density at radius 1 is 1.35 bits per heavy atom. The second-order valence-electron chi connectivity index (χ2n) is 5.06. The SMILES string of the molecule is C=C1C(Cl)(Cl)[C@@]1(CC)C(=O)N[C@H](C)c1ccc(Cl)cc1. The van der Waals surface area contributed by atoms with E-state index in [2.05, 4.69) is 11.9 Å². The van der Waals surface area contributed by atoms with Gasteiger partial charge in [-0.2, -0.15) is 0 Å². The number of halogens is 3. The molecule has 0 radical (unpaired) electrons. The van der Waals surface area contributed by atoms with Crippen molar-refractivity contribution in [2.45, 2.75) is 30.6 Å². The second kappa shape index (κ2) is 5.25. The minimum Gasteiger partial charge on any atom is -0.349 e. The lowest BCUT2D eigenvalue weighted by Gasteiger charge is -2.20. The van der Waals surface area contributed by atoms with Crippen LogP contribution in [0.25, 0.3) is 0 Å². The van der Waals surface area contributed by atoms with Gasteiger partial charge in [0.2, 0.25) is 5.91 Å². The molecule has 0 spiro atoms. The standard InChI is InChI=1S/C15H16Cl3NO/c1-4-14(10(3)15(14,17)18)13(20)19-9(2)11-5-7-12(16)8-6-11/h5-9H,3-4H2,1-2H3,(H,19,20)/t9-,14-/m1/s1. The van der Waals surface area contributed by atoms with Gasteiger partial charge in [0.15, 0.2) is 4.33 Å². The van der Waals surface area contributed by atoms with Crippen molar-refractivity contribution in [3.8, 4) is 0 Å². The zero-order valence-corrected chi connectivity index (χ0v) is 13.6. The minimum atomic E-state index is -1.16. The van der Waals surface area contributed by atoms with Gasteiger partial charge >= 0.3 is 0 Å². The molecule has 20 heavy (non-hydrogen) atoms. The number of carbonyl (C=O) groups is 1. The quantitative estimate of drug-likeness (QED) is 0.630. The van der Waals surface area contributed by atoms with Gasteiger partial charge in [-0.15, -0.1) is 0 Å². The van der Waals surface area contributed by atoms with Crippen molar-refractivity contribution in [1.82, 2.24) is 5.32 Å². The van der Waals surface area contributed by atoms with Crippen molar-refractivity contribution in [2.24, 2.45) is 5.41 Å². The summed E-state index contributed by atoms with van der Waals surface area (Å²) in [5.41, 5.74) is 0.656. The third-order valence-electron chi connectivity index (χ3n) is 4.00. The molecule has 1 aromatic rings. The normalized spacial score (nSPS) is 25.1. The molecule has 1 fully saturated rings. The van der Waals surface area contributed by atoms with Crippen molar-refractivity contribution in [1.29, 1.82) is 0 Å². The van der Waals surface area contributed by atoms with Crippen LogP contribution in [0.2, 0.25) is 5.02 Å². The van der Waals surface area contributed by atoms with Gasteiger partial charge < -0.3 is 5.32 Å². The summed E-state index contributed by atoms with van der Waals surface area (Å²) in [7, 11) is 0. The van der Waals surface area contributed by atoms with Gasteiger partial charge in [-0.1, -0.05) is 60.4 Å². The number of hydrogen-bond acceptors (Lipinski definition) is 1. The van der Waals surface area contributed by atoms with Gasteiger partial charge in [0.25, 0.3) is 0 Å². The maximum atomic E-state index is 12.5. The van der Waals surface area contributed by atoms with Crippen LogP contribution >= 0.6 is 34.8 Å². The van der Waals surface area contributed by atoms with Gasteiger partial charge in [-0.3, -0.25) is 4.79 Å². The van der Waals surface area contributed by atoms with Crippen LogP contribution in [0.5, 0.6) is 0 Å². The van der Waals surface area contributed by atoms with E-state index in [4.69, 9.17) is 34.8 Å². The number of nitrogens with one attached hydrogen (secondary N) is 1. The molecule has 1 aliphatic carbocycles. The smallest absolute Gasteiger partial charge is 0.234 e. The molecule has 2 nitrogen and oxygen atoms in total. The Kier molecular flexibility index (Phi) is 4.12. The molecule has 1 amide bonds. The minimum absolute atomic E-state index is 0.152. The average molecular weight is 333 g/mol. The summed E-state index contributed by atoms with van der Waals surface area (Å²) in [6, 6.07) is 7.18. The first-order valence-corrected chi connectivity index (χ1v) is 7.55. The summed E-state index contributed by atoms with van der Waals surface area (Å²) < 4.78 is -1.16. The molecule has 2 rings (SSSR count). The largest absolute Gasteiger partial charge is 0.349 e. The summed E-state index contributed by atoms with van der Waals surface area (Å²) in [4.78, 5) is 12.5. The highest BCUT2D eigenvalue weighted by Gasteiger charge is 2.74. The van der Waals surface area contributed by atoms with E-state index in [0.29, 0.717) is 17.0 Å². The first kappa shape index (κ1) is 15.7. The van der Waals surface area contributed by atoms with Crippen molar-refractivity contribution in [2.75, 3.05) is 0 Å². The van der Waals surface area contributed by atoms with Crippen LogP contribution in [0.1, 0.15) is 31.9 Å². The van der Waals surface area contributed by atoms with E-state index in [1.54, 1.807) is 12.1 Å². The molecule has 0 aliphatic heterocycles. The molecule has 2 atom stereocenters. The molecule has 1 aromatic carbocycles. The third kappa shape index (κ3) is 2.24. The van der Waals surface area contributed by atoms with Crippen LogP contribution in [-0.2, 0) is 4.79 Å². The Labute approximate surface area is 134 Å². The fourth-order valence-corrected chi connectivity index (χ4v) is 3.51. The van der Waals surface area contributed by atoms with Gasteiger partial charge in [0, 0.05) is 5.02 Å². The van der Waals surface area contributed by atoms with E-state index in [-0.39, 0.29) is 11.9 Å². The third-order valence-corrected chi connectivity index (χ3v) is 5.36. The molecule has 1 aliphatic rings. The van der Waals surface area contributed by atoms with Crippen LogP contribution in [0.15, 0.2) is 36.4 Å². The summed E-state index contributed by atoms with van der Waals surface area (Å²) in [6.07, 6.45) is 0.526. The Morgan fingerprint density at radius 3 is 2.25 bits per heavy atom. The molecule has 1 N–H and O–H groups in total. The first-order valence-electron chi connectivity index (χ1n) is 6.41. The zero-order valence-electron chi connectivity index (χ0n) is 11.3. The van der Waals surface area contributed by atoms with E-state index in [1.165, 1.54) is 0 Å². The van der Waals surface area contributed by atoms with Crippen molar-refractivity contribution >= 4 is 40.7 Å². The van der Waals surface area contributed by atoms with E-state index < -0.39 is 9.75 Å². The lowest BCUT2D eigenvalue weighted by atomic mass is 10.00. The molecule has 0 heterocycles. The molecule has 108 valence electrons. The molecule has 5 heteroatoms. The fourth-order valence-electron chi connectivity index (χ4n) is 2.48. The number of rotatable bonds is 4. The highest BCUT2D eigenvalue weighted by molar-refractivity contribution is 6.57. The topological polar surface area (TPSA) is 29.1 Å². The van der Waals surface area contributed by atoms with E-state index >= 15 is 0 Å². The molecule has 1 saturated carbocycles. The average Bonchev–Trinajstić information content (AvgIpc) is 2.84. The molecular weight excluding hydrogens is 317 g/mol. The lowest BCUT2D eigenvalue weighted by molar-refractivity contribution is -0.126. The monoisotopic (exact) mass is 331 g/mol. The molecular formula is C15H16Cl3NO. The highest BCUT2D eigenvalue weighted by Crippen LogP contribution is 2.70. The van der Waals surface area contributed by atoms with Crippen LogP contribution in [-0.4, -0.2) is 10.2 Å². The molecule has 0 bridgehead atoms. The maximum Gasteiger partial charge on any atom is 0.234 e. The number of benzene rings is 1. The first-order chi connectivity index (χ1) is 9.27. The zero-order chi connectivity index (χ0) is 15.1. The number of carbonyl (C=O) groups excluding carboxylic acids is 1. The van der Waals surface area contributed by atoms with Gasteiger partial charge in [0.1, 0.15) is 5.41 Å². The van der Waals surface area contributed by atoms with Crippen molar-refractivity contribution in [3.05, 3.63) is 47.0 Å². The maximum absolute atomic E-state index is 12.5. The molecule has 0 aromatic heterocycles. The van der Waals surface area contributed by atoms with Crippen LogP contribution < -0.4 is 5.32 Å².